The van der Waals surface area contributed by atoms with Gasteiger partial charge in [0, 0.05) is 6.54 Å². The van der Waals surface area contributed by atoms with Crippen LogP contribution in [0.5, 0.6) is 11.5 Å². The number of nitrogens with two attached hydrogens (primary N) is 1. The van der Waals surface area contributed by atoms with Crippen LogP contribution >= 0.6 is 0 Å². The Balaban J connectivity index is 2.19. The van der Waals surface area contributed by atoms with Crippen LogP contribution in [0.25, 0.3) is 0 Å². The van der Waals surface area contributed by atoms with Crippen molar-refractivity contribution in [1.82, 2.24) is 0 Å². The third-order valence-electron chi connectivity index (χ3n) is 2.72. The Bertz CT molecular complexity index is 503. The summed E-state index contributed by atoms with van der Waals surface area (Å²) in [6.07, 6.45) is 0. The Morgan fingerprint density at radius 3 is 2.29 bits per heavy atom. The van der Waals surface area contributed by atoms with Gasteiger partial charge in [0.15, 0.2) is 0 Å². The summed E-state index contributed by atoms with van der Waals surface area (Å²) in [4.78, 5) is 0. The molecule has 0 amide bonds. The minimum atomic E-state index is 0.559. The molecule has 0 heterocycles. The van der Waals surface area contributed by atoms with Crippen molar-refractivity contribution in [3.05, 3.63) is 59.2 Å². The van der Waals surface area contributed by atoms with Gasteiger partial charge in [-0.25, -0.2) is 0 Å². The molecular formula is C15H17NO. The van der Waals surface area contributed by atoms with Crippen LogP contribution < -0.4 is 10.5 Å². The molecule has 2 N–H and O–H groups in total. The zero-order valence-electron chi connectivity index (χ0n) is 10.2. The van der Waals surface area contributed by atoms with Crippen molar-refractivity contribution in [2.75, 3.05) is 0 Å². The Morgan fingerprint density at radius 1 is 1.00 bits per heavy atom. The van der Waals surface area contributed by atoms with E-state index in [-0.39, 0.29) is 0 Å². The second-order valence-electron chi connectivity index (χ2n) is 4.22. The lowest BCUT2D eigenvalue weighted by Gasteiger charge is -2.09. The molecule has 0 aliphatic heterocycles. The van der Waals surface area contributed by atoms with Gasteiger partial charge in [-0.1, -0.05) is 29.8 Å². The van der Waals surface area contributed by atoms with E-state index in [1.807, 2.05) is 30.3 Å². The summed E-state index contributed by atoms with van der Waals surface area (Å²) in [6, 6.07) is 14.0. The van der Waals surface area contributed by atoms with Crippen molar-refractivity contribution < 1.29 is 4.74 Å². The Morgan fingerprint density at radius 2 is 1.71 bits per heavy atom. The molecule has 88 valence electrons. The molecule has 0 saturated heterocycles. The number of rotatable bonds is 3. The van der Waals surface area contributed by atoms with E-state index in [0.717, 1.165) is 22.6 Å². The third-order valence-corrected chi connectivity index (χ3v) is 2.72. The highest BCUT2D eigenvalue weighted by Crippen LogP contribution is 2.25. The summed E-state index contributed by atoms with van der Waals surface area (Å²) in [5.41, 5.74) is 9.05. The molecule has 2 heteroatoms. The van der Waals surface area contributed by atoms with Gasteiger partial charge in [0.2, 0.25) is 0 Å². The second kappa shape index (κ2) is 5.02. The van der Waals surface area contributed by atoms with Crippen molar-refractivity contribution in [2.45, 2.75) is 20.4 Å². The average Bonchev–Trinajstić information content (AvgIpc) is 2.34. The van der Waals surface area contributed by atoms with E-state index in [2.05, 4.69) is 26.0 Å². The molecule has 0 aliphatic carbocycles. The normalized spacial score (nSPS) is 10.3. The highest BCUT2D eigenvalue weighted by molar-refractivity contribution is 5.39. The lowest BCUT2D eigenvalue weighted by Crippen LogP contribution is -1.95. The standard InChI is InChI=1S/C15H17NO/c1-11-3-8-15(12(2)9-11)17-14-6-4-13(10-16)5-7-14/h3-9H,10,16H2,1-2H3. The predicted molar refractivity (Wildman–Crippen MR) is 70.3 cm³/mol. The Kier molecular flexibility index (Phi) is 3.45. The summed E-state index contributed by atoms with van der Waals surface area (Å²) in [5.74, 6) is 1.74. The first-order valence-corrected chi connectivity index (χ1v) is 5.73. The van der Waals surface area contributed by atoms with E-state index in [0.29, 0.717) is 6.54 Å². The number of ether oxygens (including phenoxy) is 1. The highest BCUT2D eigenvalue weighted by Gasteiger charge is 2.01. The van der Waals surface area contributed by atoms with Crippen LogP contribution in [0.2, 0.25) is 0 Å². The zero-order chi connectivity index (χ0) is 12.3. The van der Waals surface area contributed by atoms with Gasteiger partial charge in [-0.2, -0.15) is 0 Å². The van der Waals surface area contributed by atoms with Crippen molar-refractivity contribution in [3.63, 3.8) is 0 Å². The largest absolute Gasteiger partial charge is 0.457 e. The Labute approximate surface area is 102 Å². The van der Waals surface area contributed by atoms with Gasteiger partial charge in [-0.3, -0.25) is 0 Å². The van der Waals surface area contributed by atoms with E-state index >= 15 is 0 Å². The van der Waals surface area contributed by atoms with Crippen LogP contribution in [0.15, 0.2) is 42.5 Å². The molecule has 0 atom stereocenters. The SMILES string of the molecule is Cc1ccc(Oc2ccc(CN)cc2)c(C)c1. The van der Waals surface area contributed by atoms with Gasteiger partial charge in [-0.15, -0.1) is 0 Å². The first kappa shape index (κ1) is 11.7. The number of benzene rings is 2. The minimum Gasteiger partial charge on any atom is -0.457 e. The summed E-state index contributed by atoms with van der Waals surface area (Å²) in [6.45, 7) is 4.69. The molecule has 0 aromatic heterocycles. The van der Waals surface area contributed by atoms with Gasteiger partial charge in [0.05, 0.1) is 0 Å². The maximum absolute atomic E-state index is 5.82. The highest BCUT2D eigenvalue weighted by atomic mass is 16.5. The molecule has 0 spiro atoms. The molecule has 0 bridgehead atoms. The van der Waals surface area contributed by atoms with Crippen LogP contribution in [-0.4, -0.2) is 0 Å². The lowest BCUT2D eigenvalue weighted by atomic mass is 10.1. The molecule has 0 radical (unpaired) electrons. The van der Waals surface area contributed by atoms with Crippen LogP contribution in [-0.2, 0) is 6.54 Å². The monoisotopic (exact) mass is 227 g/mol. The van der Waals surface area contributed by atoms with Crippen molar-refractivity contribution in [2.24, 2.45) is 5.73 Å². The van der Waals surface area contributed by atoms with E-state index < -0.39 is 0 Å². The molecule has 2 aromatic carbocycles. The van der Waals surface area contributed by atoms with Gasteiger partial charge >= 0.3 is 0 Å². The quantitative estimate of drug-likeness (QED) is 0.870. The smallest absolute Gasteiger partial charge is 0.130 e. The Hall–Kier alpha value is -1.80. The van der Waals surface area contributed by atoms with E-state index in [4.69, 9.17) is 10.5 Å². The molecule has 2 nitrogen and oxygen atoms in total. The molecule has 2 aromatic rings. The van der Waals surface area contributed by atoms with Crippen molar-refractivity contribution in [1.29, 1.82) is 0 Å². The second-order valence-corrected chi connectivity index (χ2v) is 4.22. The topological polar surface area (TPSA) is 35.2 Å². The maximum atomic E-state index is 5.82. The van der Waals surface area contributed by atoms with Gasteiger partial charge in [-0.05, 0) is 43.2 Å². The average molecular weight is 227 g/mol. The molecule has 2 rings (SSSR count). The minimum absolute atomic E-state index is 0.559. The summed E-state index contributed by atoms with van der Waals surface area (Å²) in [7, 11) is 0. The number of aryl methyl sites for hydroxylation is 2. The first-order valence-electron chi connectivity index (χ1n) is 5.73. The molecule has 0 unspecified atom stereocenters. The van der Waals surface area contributed by atoms with E-state index in [9.17, 15) is 0 Å². The van der Waals surface area contributed by atoms with Gasteiger partial charge < -0.3 is 10.5 Å². The van der Waals surface area contributed by atoms with Crippen molar-refractivity contribution in [3.8, 4) is 11.5 Å². The van der Waals surface area contributed by atoms with Crippen LogP contribution in [0.3, 0.4) is 0 Å². The molecule has 0 fully saturated rings. The fourth-order valence-corrected chi connectivity index (χ4v) is 1.73. The summed E-state index contributed by atoms with van der Waals surface area (Å²) >= 11 is 0. The molecule has 17 heavy (non-hydrogen) atoms. The molecule has 0 saturated carbocycles. The predicted octanol–water partition coefficient (Wildman–Crippen LogP) is 3.55. The third kappa shape index (κ3) is 2.86. The van der Waals surface area contributed by atoms with Crippen LogP contribution in [0.4, 0.5) is 0 Å². The van der Waals surface area contributed by atoms with Gasteiger partial charge in [0.25, 0.3) is 0 Å². The van der Waals surface area contributed by atoms with E-state index in [1.165, 1.54) is 5.56 Å². The molecular weight excluding hydrogens is 210 g/mol. The fourth-order valence-electron chi connectivity index (χ4n) is 1.73. The van der Waals surface area contributed by atoms with Crippen molar-refractivity contribution >= 4 is 0 Å². The number of hydrogen-bond acceptors (Lipinski definition) is 2. The van der Waals surface area contributed by atoms with E-state index in [1.54, 1.807) is 0 Å². The summed E-state index contributed by atoms with van der Waals surface area (Å²) < 4.78 is 5.82. The van der Waals surface area contributed by atoms with Gasteiger partial charge in [0.1, 0.15) is 11.5 Å². The summed E-state index contributed by atoms with van der Waals surface area (Å²) in [5, 5.41) is 0. The fraction of sp³-hybridized carbons (Fsp3) is 0.200. The lowest BCUT2D eigenvalue weighted by molar-refractivity contribution is 0.478. The first-order chi connectivity index (χ1) is 8.19. The number of hydrogen-bond donors (Lipinski definition) is 1. The zero-order valence-corrected chi connectivity index (χ0v) is 10.2. The van der Waals surface area contributed by atoms with Crippen LogP contribution in [0, 0.1) is 13.8 Å². The van der Waals surface area contributed by atoms with Crippen LogP contribution in [0.1, 0.15) is 16.7 Å². The molecule has 0 aliphatic rings. The maximum Gasteiger partial charge on any atom is 0.130 e.